The number of benzene rings is 1. The van der Waals surface area contributed by atoms with E-state index < -0.39 is 23.4 Å². The molecule has 1 fully saturated rings. The van der Waals surface area contributed by atoms with E-state index in [1.807, 2.05) is 0 Å². The van der Waals surface area contributed by atoms with Crippen molar-refractivity contribution in [2.24, 2.45) is 0 Å². The average Bonchev–Trinajstić information content (AvgIpc) is 2.33. The first kappa shape index (κ1) is 17.4. The van der Waals surface area contributed by atoms with E-state index in [0.717, 1.165) is 12.1 Å². The van der Waals surface area contributed by atoms with Crippen molar-refractivity contribution in [3.63, 3.8) is 0 Å². The van der Waals surface area contributed by atoms with Crippen LogP contribution in [0.5, 0.6) is 5.75 Å². The van der Waals surface area contributed by atoms with E-state index in [-0.39, 0.29) is 12.1 Å². The third kappa shape index (κ3) is 5.33. The highest BCUT2D eigenvalue weighted by Crippen LogP contribution is 2.32. The molecule has 1 aliphatic carbocycles. The van der Waals surface area contributed by atoms with Crippen LogP contribution in [0.4, 0.5) is 18.0 Å². The Morgan fingerprint density at radius 2 is 1.70 bits per heavy atom. The molecule has 128 valence electrons. The minimum atomic E-state index is -4.35. The highest BCUT2D eigenvalue weighted by atomic mass is 19.4. The molecule has 0 radical (unpaired) electrons. The average molecular weight is 331 g/mol. The third-order valence-electron chi connectivity index (χ3n) is 3.30. The molecule has 1 amide bonds. The van der Waals surface area contributed by atoms with Gasteiger partial charge in [0.1, 0.15) is 17.5 Å². The van der Waals surface area contributed by atoms with Crippen LogP contribution in [0.3, 0.4) is 0 Å². The highest BCUT2D eigenvalue weighted by Gasteiger charge is 2.34. The zero-order valence-electron chi connectivity index (χ0n) is 13.2. The zero-order valence-corrected chi connectivity index (χ0v) is 13.2. The number of hydrogen-bond donors (Lipinski definition) is 1. The number of ether oxygens (including phenoxy) is 2. The first-order valence-corrected chi connectivity index (χ1v) is 7.36. The van der Waals surface area contributed by atoms with Gasteiger partial charge in [-0.2, -0.15) is 13.2 Å². The smallest absolute Gasteiger partial charge is 0.416 e. The Morgan fingerprint density at radius 1 is 1.13 bits per heavy atom. The molecule has 23 heavy (non-hydrogen) atoms. The Labute approximate surface area is 133 Å². The summed E-state index contributed by atoms with van der Waals surface area (Å²) in [7, 11) is 0. The molecule has 7 heteroatoms. The van der Waals surface area contributed by atoms with Crippen LogP contribution in [-0.2, 0) is 10.9 Å². The fourth-order valence-electron chi connectivity index (χ4n) is 2.17. The van der Waals surface area contributed by atoms with Gasteiger partial charge in [-0.1, -0.05) is 0 Å². The lowest BCUT2D eigenvalue weighted by molar-refractivity contribution is -0.137. The molecule has 1 N–H and O–H groups in total. The Kier molecular flexibility index (Phi) is 4.77. The number of halogens is 3. The van der Waals surface area contributed by atoms with E-state index >= 15 is 0 Å². The zero-order chi connectivity index (χ0) is 17.3. The summed E-state index contributed by atoms with van der Waals surface area (Å²) in [4.78, 5) is 11.6. The monoisotopic (exact) mass is 331 g/mol. The summed E-state index contributed by atoms with van der Waals surface area (Å²) in [5.41, 5.74) is -1.26. The largest absolute Gasteiger partial charge is 0.490 e. The van der Waals surface area contributed by atoms with Crippen LogP contribution in [0.1, 0.15) is 39.2 Å². The molecule has 1 aromatic carbocycles. The number of carbonyl (C=O) groups excluding carboxylic acids is 1. The molecule has 0 spiro atoms. The van der Waals surface area contributed by atoms with E-state index in [1.165, 1.54) is 12.1 Å². The standard InChI is InChI=1S/C16H20F3NO3/c1-15(2,3)23-14(21)20-11-8-13(9-11)22-12-6-4-10(5-7-12)16(17,18)19/h4-7,11,13H,8-9H2,1-3H3,(H,20,21). The van der Waals surface area contributed by atoms with Crippen molar-refractivity contribution in [1.82, 2.24) is 5.32 Å². The number of rotatable bonds is 3. The lowest BCUT2D eigenvalue weighted by Crippen LogP contribution is -2.50. The second-order valence-electron chi connectivity index (χ2n) is 6.58. The molecule has 0 heterocycles. The number of alkyl halides is 3. The summed E-state index contributed by atoms with van der Waals surface area (Å²) >= 11 is 0. The number of hydrogen-bond acceptors (Lipinski definition) is 3. The van der Waals surface area contributed by atoms with Crippen molar-refractivity contribution in [2.75, 3.05) is 0 Å². The molecule has 1 aromatic rings. The van der Waals surface area contributed by atoms with Crippen molar-refractivity contribution in [2.45, 2.75) is 57.5 Å². The van der Waals surface area contributed by atoms with Crippen LogP contribution in [0.15, 0.2) is 24.3 Å². The van der Waals surface area contributed by atoms with Gasteiger partial charge in [0.05, 0.1) is 5.56 Å². The third-order valence-corrected chi connectivity index (χ3v) is 3.30. The first-order valence-electron chi connectivity index (χ1n) is 7.36. The minimum absolute atomic E-state index is 0.0377. The summed E-state index contributed by atoms with van der Waals surface area (Å²) in [5.74, 6) is 0.388. The van der Waals surface area contributed by atoms with E-state index in [1.54, 1.807) is 20.8 Å². The number of alkyl carbamates (subject to hydrolysis) is 1. The van der Waals surface area contributed by atoms with Gasteiger partial charge in [0, 0.05) is 18.9 Å². The Balaban J connectivity index is 1.75. The molecule has 4 nitrogen and oxygen atoms in total. The Morgan fingerprint density at radius 3 is 2.17 bits per heavy atom. The molecule has 0 unspecified atom stereocenters. The van der Waals surface area contributed by atoms with E-state index in [9.17, 15) is 18.0 Å². The van der Waals surface area contributed by atoms with Gasteiger partial charge < -0.3 is 14.8 Å². The fraction of sp³-hybridized carbons (Fsp3) is 0.562. The SMILES string of the molecule is CC(C)(C)OC(=O)NC1CC(Oc2ccc(C(F)(F)F)cc2)C1. The lowest BCUT2D eigenvalue weighted by Gasteiger charge is -2.36. The highest BCUT2D eigenvalue weighted by molar-refractivity contribution is 5.68. The maximum atomic E-state index is 12.5. The molecule has 0 atom stereocenters. The topological polar surface area (TPSA) is 47.6 Å². The quantitative estimate of drug-likeness (QED) is 0.905. The van der Waals surface area contributed by atoms with Gasteiger partial charge in [-0.05, 0) is 45.0 Å². The van der Waals surface area contributed by atoms with Crippen LogP contribution in [0.2, 0.25) is 0 Å². The first-order chi connectivity index (χ1) is 10.5. The second-order valence-corrected chi connectivity index (χ2v) is 6.58. The number of carbonyl (C=O) groups is 1. The van der Waals surface area contributed by atoms with E-state index in [4.69, 9.17) is 9.47 Å². The van der Waals surface area contributed by atoms with Gasteiger partial charge in [-0.15, -0.1) is 0 Å². The van der Waals surface area contributed by atoms with Gasteiger partial charge >= 0.3 is 12.3 Å². The van der Waals surface area contributed by atoms with Crippen molar-refractivity contribution < 1.29 is 27.4 Å². The van der Waals surface area contributed by atoms with Crippen molar-refractivity contribution >= 4 is 6.09 Å². The van der Waals surface area contributed by atoms with Gasteiger partial charge in [0.15, 0.2) is 0 Å². The van der Waals surface area contributed by atoms with Crippen LogP contribution in [0.25, 0.3) is 0 Å². The van der Waals surface area contributed by atoms with Crippen LogP contribution in [0, 0.1) is 0 Å². The fourth-order valence-corrected chi connectivity index (χ4v) is 2.17. The maximum Gasteiger partial charge on any atom is 0.416 e. The Bertz CT molecular complexity index is 543. The van der Waals surface area contributed by atoms with Gasteiger partial charge in [-0.3, -0.25) is 0 Å². The molecule has 0 saturated heterocycles. The molecule has 0 bridgehead atoms. The summed E-state index contributed by atoms with van der Waals surface area (Å²) in [6.45, 7) is 5.34. The lowest BCUT2D eigenvalue weighted by atomic mass is 9.89. The second kappa shape index (κ2) is 6.29. The predicted octanol–water partition coefficient (Wildman–Crippen LogP) is 4.14. The summed E-state index contributed by atoms with van der Waals surface area (Å²) < 4.78 is 48.1. The predicted molar refractivity (Wildman–Crippen MR) is 78.3 cm³/mol. The minimum Gasteiger partial charge on any atom is -0.490 e. The molecular formula is C16H20F3NO3. The number of amides is 1. The Hall–Kier alpha value is -1.92. The van der Waals surface area contributed by atoms with Crippen LogP contribution < -0.4 is 10.1 Å². The van der Waals surface area contributed by atoms with Gasteiger partial charge in [-0.25, -0.2) is 4.79 Å². The molecule has 0 aliphatic heterocycles. The van der Waals surface area contributed by atoms with Crippen molar-refractivity contribution in [3.8, 4) is 5.75 Å². The number of nitrogens with one attached hydrogen (secondary N) is 1. The molecule has 1 aliphatic rings. The van der Waals surface area contributed by atoms with Crippen molar-refractivity contribution in [1.29, 1.82) is 0 Å². The van der Waals surface area contributed by atoms with Crippen molar-refractivity contribution in [3.05, 3.63) is 29.8 Å². The molecule has 2 rings (SSSR count). The van der Waals surface area contributed by atoms with Crippen LogP contribution in [-0.4, -0.2) is 23.8 Å². The molecule has 0 aromatic heterocycles. The molecular weight excluding hydrogens is 311 g/mol. The summed E-state index contributed by atoms with van der Waals surface area (Å²) in [6, 6.07) is 4.55. The summed E-state index contributed by atoms with van der Waals surface area (Å²) in [5, 5.41) is 2.73. The van der Waals surface area contributed by atoms with Crippen LogP contribution >= 0.6 is 0 Å². The van der Waals surface area contributed by atoms with Gasteiger partial charge in [0.25, 0.3) is 0 Å². The maximum absolute atomic E-state index is 12.5. The van der Waals surface area contributed by atoms with E-state index in [2.05, 4.69) is 5.32 Å². The van der Waals surface area contributed by atoms with E-state index in [0.29, 0.717) is 18.6 Å². The molecule has 1 saturated carbocycles. The summed E-state index contributed by atoms with van der Waals surface area (Å²) in [6.07, 6.45) is -3.75. The normalized spacial score (nSPS) is 21.3. The van der Waals surface area contributed by atoms with Gasteiger partial charge in [0.2, 0.25) is 0 Å².